The van der Waals surface area contributed by atoms with Crippen LogP contribution in [-0.2, 0) is 10.0 Å². The molecule has 5 rings (SSSR count). The topological polar surface area (TPSA) is 76.7 Å². The molecular formula is C27H27ClN2O4S. The standard InChI is InChI=1S/C27H27ClN2O4S/c1-16-13-17(28)7-10-24(16)30-35(31,32)19-9-11-25-22(15-19)20-5-4-6-21(20)27(29-25)23-14-18(33-2)8-12-26(23)34-3/h4-5,7-15,20-21,27,29-30H,6H2,1-3H3/t20-,21+,27-/m0/s1. The summed E-state index contributed by atoms with van der Waals surface area (Å²) >= 11 is 6.02. The number of nitrogens with one attached hydrogen (secondary N) is 2. The molecule has 6 nitrogen and oxygen atoms in total. The van der Waals surface area contributed by atoms with Crippen molar-refractivity contribution in [3.8, 4) is 11.5 Å². The van der Waals surface area contributed by atoms with Gasteiger partial charge in [-0.25, -0.2) is 8.42 Å². The van der Waals surface area contributed by atoms with Gasteiger partial charge in [-0.2, -0.15) is 0 Å². The Morgan fingerprint density at radius 1 is 1.00 bits per heavy atom. The van der Waals surface area contributed by atoms with Crippen LogP contribution in [0.1, 0.15) is 35.1 Å². The molecule has 0 saturated heterocycles. The molecule has 3 aromatic rings. The predicted octanol–water partition coefficient (Wildman–Crippen LogP) is 6.29. The average molecular weight is 511 g/mol. The Hall–Kier alpha value is -3.16. The van der Waals surface area contributed by atoms with E-state index in [4.69, 9.17) is 21.1 Å². The maximum absolute atomic E-state index is 13.2. The first-order chi connectivity index (χ1) is 16.8. The fourth-order valence-corrected chi connectivity index (χ4v) is 6.47. The number of aryl methyl sites for hydroxylation is 1. The molecule has 0 amide bonds. The lowest BCUT2D eigenvalue weighted by Crippen LogP contribution is -2.29. The zero-order chi connectivity index (χ0) is 24.7. The van der Waals surface area contributed by atoms with Crippen LogP contribution in [0.5, 0.6) is 11.5 Å². The second-order valence-corrected chi connectivity index (χ2v) is 11.0. The first kappa shape index (κ1) is 23.6. The van der Waals surface area contributed by atoms with E-state index in [-0.39, 0.29) is 22.8 Å². The van der Waals surface area contributed by atoms with Crippen LogP contribution in [-0.4, -0.2) is 22.6 Å². The van der Waals surface area contributed by atoms with Crippen molar-refractivity contribution in [2.75, 3.05) is 24.3 Å². The van der Waals surface area contributed by atoms with Crippen LogP contribution in [0.15, 0.2) is 71.6 Å². The van der Waals surface area contributed by atoms with Gasteiger partial charge in [0.2, 0.25) is 0 Å². The van der Waals surface area contributed by atoms with E-state index < -0.39 is 10.0 Å². The lowest BCUT2D eigenvalue weighted by Gasteiger charge is -2.38. The Labute approximate surface area is 211 Å². The SMILES string of the molecule is COc1ccc(OC)c([C@H]2Nc3ccc(S(=O)(=O)Nc4ccc(Cl)cc4C)cc3[C@H]3C=CC[C@H]32)c1. The Kier molecular flexibility index (Phi) is 6.15. The number of benzene rings is 3. The number of anilines is 2. The molecule has 0 fully saturated rings. The fraction of sp³-hybridized carbons (Fsp3) is 0.259. The van der Waals surface area contributed by atoms with Crippen LogP contribution in [0.3, 0.4) is 0 Å². The van der Waals surface area contributed by atoms with Gasteiger partial charge in [0.25, 0.3) is 10.0 Å². The smallest absolute Gasteiger partial charge is 0.261 e. The molecule has 2 N–H and O–H groups in total. The van der Waals surface area contributed by atoms with Crippen LogP contribution in [0.25, 0.3) is 0 Å². The van der Waals surface area contributed by atoms with Crippen molar-refractivity contribution in [1.82, 2.24) is 0 Å². The number of halogens is 1. The minimum atomic E-state index is -3.78. The molecule has 35 heavy (non-hydrogen) atoms. The summed E-state index contributed by atoms with van der Waals surface area (Å²) in [7, 11) is -0.463. The van der Waals surface area contributed by atoms with Crippen LogP contribution < -0.4 is 19.5 Å². The number of rotatable bonds is 6. The first-order valence-corrected chi connectivity index (χ1v) is 13.2. The van der Waals surface area contributed by atoms with Crippen molar-refractivity contribution in [2.45, 2.75) is 30.2 Å². The molecule has 1 aliphatic heterocycles. The predicted molar refractivity (Wildman–Crippen MR) is 139 cm³/mol. The van der Waals surface area contributed by atoms with Crippen LogP contribution in [0.2, 0.25) is 5.02 Å². The van der Waals surface area contributed by atoms with Crippen molar-refractivity contribution >= 4 is 33.0 Å². The number of hydrogen-bond acceptors (Lipinski definition) is 5. The summed E-state index contributed by atoms with van der Waals surface area (Å²) in [5.74, 6) is 1.85. The Morgan fingerprint density at radius 3 is 2.57 bits per heavy atom. The van der Waals surface area contributed by atoms with E-state index >= 15 is 0 Å². The molecular weight excluding hydrogens is 484 g/mol. The van der Waals surface area contributed by atoms with Gasteiger partial charge in [0.15, 0.2) is 0 Å². The van der Waals surface area contributed by atoms with Crippen molar-refractivity contribution in [3.63, 3.8) is 0 Å². The van der Waals surface area contributed by atoms with Crippen LogP contribution in [0, 0.1) is 12.8 Å². The summed E-state index contributed by atoms with van der Waals surface area (Å²) in [5.41, 5.74) is 4.17. The van der Waals surface area contributed by atoms with E-state index in [1.807, 2.05) is 31.2 Å². The van der Waals surface area contributed by atoms with Gasteiger partial charge in [-0.05, 0) is 85.0 Å². The fourth-order valence-electron chi connectivity index (χ4n) is 5.08. The van der Waals surface area contributed by atoms with Gasteiger partial charge < -0.3 is 14.8 Å². The summed E-state index contributed by atoms with van der Waals surface area (Å²) in [4.78, 5) is 0.226. The zero-order valence-corrected chi connectivity index (χ0v) is 21.3. The summed E-state index contributed by atoms with van der Waals surface area (Å²) < 4.78 is 40.3. The van der Waals surface area contributed by atoms with E-state index in [9.17, 15) is 8.42 Å². The van der Waals surface area contributed by atoms with E-state index in [2.05, 4.69) is 22.2 Å². The maximum atomic E-state index is 13.2. The maximum Gasteiger partial charge on any atom is 0.261 e. The van der Waals surface area contributed by atoms with Crippen molar-refractivity contribution in [1.29, 1.82) is 0 Å². The second-order valence-electron chi connectivity index (χ2n) is 8.90. The molecule has 0 saturated carbocycles. The van der Waals surface area contributed by atoms with Gasteiger partial charge in [-0.15, -0.1) is 0 Å². The molecule has 1 aliphatic carbocycles. The second kappa shape index (κ2) is 9.13. The molecule has 1 heterocycles. The third-order valence-corrected chi connectivity index (χ3v) is 8.45. The van der Waals surface area contributed by atoms with Gasteiger partial charge >= 0.3 is 0 Å². The summed E-state index contributed by atoms with van der Waals surface area (Å²) in [6.45, 7) is 1.82. The molecule has 182 valence electrons. The molecule has 0 spiro atoms. The highest BCUT2D eigenvalue weighted by Crippen LogP contribution is 2.52. The van der Waals surface area contributed by atoms with Gasteiger partial charge in [-0.1, -0.05) is 23.8 Å². The number of methoxy groups -OCH3 is 2. The van der Waals surface area contributed by atoms with Crippen molar-refractivity contribution in [2.24, 2.45) is 5.92 Å². The third-order valence-electron chi connectivity index (χ3n) is 6.85. The quantitative estimate of drug-likeness (QED) is 0.381. The normalized spacial score (nSPS) is 20.5. The molecule has 0 aromatic heterocycles. The monoisotopic (exact) mass is 510 g/mol. The number of sulfonamides is 1. The van der Waals surface area contributed by atoms with Crippen LogP contribution >= 0.6 is 11.6 Å². The molecule has 0 unspecified atom stereocenters. The highest BCUT2D eigenvalue weighted by molar-refractivity contribution is 7.92. The molecule has 0 bridgehead atoms. The number of allylic oxidation sites excluding steroid dienone is 2. The molecule has 0 radical (unpaired) electrons. The van der Waals surface area contributed by atoms with Crippen molar-refractivity contribution in [3.05, 3.63) is 88.5 Å². The Bertz CT molecular complexity index is 1420. The van der Waals surface area contributed by atoms with Crippen LogP contribution in [0.4, 0.5) is 11.4 Å². The molecule has 8 heteroatoms. The van der Waals surface area contributed by atoms with E-state index in [0.29, 0.717) is 10.7 Å². The van der Waals surface area contributed by atoms with Gasteiger partial charge in [0, 0.05) is 22.2 Å². The minimum Gasteiger partial charge on any atom is -0.497 e. The Morgan fingerprint density at radius 2 is 1.83 bits per heavy atom. The average Bonchev–Trinajstić information content (AvgIpc) is 3.35. The lowest BCUT2D eigenvalue weighted by molar-refractivity contribution is 0.374. The van der Waals surface area contributed by atoms with Gasteiger partial charge in [0.1, 0.15) is 11.5 Å². The van der Waals surface area contributed by atoms with E-state index in [0.717, 1.165) is 40.3 Å². The number of hydrogen-bond donors (Lipinski definition) is 2. The number of ether oxygens (including phenoxy) is 2. The summed E-state index contributed by atoms with van der Waals surface area (Å²) in [5, 5.41) is 4.21. The number of fused-ring (bicyclic) bond motifs is 3. The third kappa shape index (κ3) is 4.34. The minimum absolute atomic E-state index is 0.00940. The van der Waals surface area contributed by atoms with E-state index in [1.54, 1.807) is 44.6 Å². The molecule has 2 aliphatic rings. The highest BCUT2D eigenvalue weighted by atomic mass is 35.5. The highest BCUT2D eigenvalue weighted by Gasteiger charge is 2.39. The first-order valence-electron chi connectivity index (χ1n) is 11.4. The summed E-state index contributed by atoms with van der Waals surface area (Å²) in [6.07, 6.45) is 5.22. The van der Waals surface area contributed by atoms with Crippen molar-refractivity contribution < 1.29 is 17.9 Å². The molecule has 3 aromatic carbocycles. The van der Waals surface area contributed by atoms with Gasteiger partial charge in [0.05, 0.1) is 30.8 Å². The molecule has 3 atom stereocenters. The van der Waals surface area contributed by atoms with Gasteiger partial charge in [-0.3, -0.25) is 4.72 Å². The summed E-state index contributed by atoms with van der Waals surface area (Å²) in [6, 6.07) is 16.1. The zero-order valence-electron chi connectivity index (χ0n) is 19.7. The largest absolute Gasteiger partial charge is 0.497 e. The van der Waals surface area contributed by atoms with E-state index in [1.165, 1.54) is 0 Å². The lowest BCUT2D eigenvalue weighted by atomic mass is 9.77. The Balaban J connectivity index is 1.51.